The van der Waals surface area contributed by atoms with E-state index in [1.807, 2.05) is 42.5 Å². The van der Waals surface area contributed by atoms with Crippen molar-refractivity contribution in [1.29, 1.82) is 0 Å². The summed E-state index contributed by atoms with van der Waals surface area (Å²) in [6.07, 6.45) is 2.25. The summed E-state index contributed by atoms with van der Waals surface area (Å²) in [5, 5.41) is 4.04. The van der Waals surface area contributed by atoms with E-state index in [0.717, 1.165) is 5.56 Å². The summed E-state index contributed by atoms with van der Waals surface area (Å²) in [6.45, 7) is 0.322. The van der Waals surface area contributed by atoms with Crippen molar-refractivity contribution in [2.45, 2.75) is 6.42 Å². The molecule has 162 valence electrons. The highest BCUT2D eigenvalue weighted by Crippen LogP contribution is 2.35. The van der Waals surface area contributed by atoms with Crippen LogP contribution in [0.15, 0.2) is 78.6 Å². The lowest BCUT2D eigenvalue weighted by atomic mass is 10.1. The fraction of sp³-hybridized carbons (Fsp3) is 0.120. The molecule has 4 rings (SSSR count). The molecule has 7 heteroatoms. The number of hydrogen-bond donors (Lipinski definition) is 1. The summed E-state index contributed by atoms with van der Waals surface area (Å²) >= 11 is 12.1. The standard InChI is InChI=1S/C25H20Cl2N2O3/c26-19-11-9-17(10-12-19)13-14-28-24(30)16-29-21-7-3-4-8-22(21)32-23(25(29)31)15-18-5-1-2-6-20(18)27/h1-12,15H,13-14,16H2,(H,28,30)/b23-15+. The first-order valence-electron chi connectivity index (χ1n) is 10.1. The van der Waals surface area contributed by atoms with Gasteiger partial charge < -0.3 is 10.1 Å². The number of benzene rings is 3. The Morgan fingerprint density at radius 3 is 2.47 bits per heavy atom. The number of carbonyl (C=O) groups is 2. The van der Waals surface area contributed by atoms with Gasteiger partial charge in [0.15, 0.2) is 11.5 Å². The largest absolute Gasteiger partial charge is 0.449 e. The molecule has 0 unspecified atom stereocenters. The maximum absolute atomic E-state index is 13.2. The van der Waals surface area contributed by atoms with E-state index in [2.05, 4.69) is 5.32 Å². The number of ether oxygens (including phenoxy) is 1. The normalized spacial score (nSPS) is 14.1. The van der Waals surface area contributed by atoms with Gasteiger partial charge in [-0.2, -0.15) is 0 Å². The molecule has 0 aromatic heterocycles. The lowest BCUT2D eigenvalue weighted by Gasteiger charge is -2.30. The number of hydrogen-bond acceptors (Lipinski definition) is 3. The van der Waals surface area contributed by atoms with Crippen molar-refractivity contribution in [3.05, 3.63) is 99.7 Å². The second-order valence-corrected chi connectivity index (χ2v) is 8.06. The van der Waals surface area contributed by atoms with Crippen LogP contribution in [0.1, 0.15) is 11.1 Å². The first-order chi connectivity index (χ1) is 15.5. The Bertz CT molecular complexity index is 1180. The maximum Gasteiger partial charge on any atom is 0.294 e. The summed E-state index contributed by atoms with van der Waals surface area (Å²) in [7, 11) is 0. The Hall–Kier alpha value is -3.28. The fourth-order valence-corrected chi connectivity index (χ4v) is 3.67. The Labute approximate surface area is 196 Å². The van der Waals surface area contributed by atoms with E-state index < -0.39 is 5.91 Å². The van der Waals surface area contributed by atoms with Gasteiger partial charge in [-0.3, -0.25) is 14.5 Å². The quantitative estimate of drug-likeness (QED) is 0.512. The third kappa shape index (κ3) is 5.13. The van der Waals surface area contributed by atoms with Gasteiger partial charge in [0.25, 0.3) is 5.91 Å². The van der Waals surface area contributed by atoms with Crippen molar-refractivity contribution >= 4 is 46.8 Å². The van der Waals surface area contributed by atoms with Crippen molar-refractivity contribution in [3.8, 4) is 5.75 Å². The molecule has 0 fully saturated rings. The molecule has 2 amide bonds. The molecule has 32 heavy (non-hydrogen) atoms. The van der Waals surface area contributed by atoms with Crippen LogP contribution in [0.5, 0.6) is 5.75 Å². The van der Waals surface area contributed by atoms with Crippen LogP contribution < -0.4 is 15.0 Å². The molecule has 1 N–H and O–H groups in total. The predicted molar refractivity (Wildman–Crippen MR) is 127 cm³/mol. The van der Waals surface area contributed by atoms with Crippen molar-refractivity contribution in [2.24, 2.45) is 0 Å². The third-order valence-electron chi connectivity index (χ3n) is 4.97. The maximum atomic E-state index is 13.2. The topological polar surface area (TPSA) is 58.6 Å². The zero-order valence-corrected chi connectivity index (χ0v) is 18.6. The summed E-state index contributed by atoms with van der Waals surface area (Å²) in [5.74, 6) is -0.0669. The lowest BCUT2D eigenvalue weighted by Crippen LogP contribution is -2.44. The second kappa shape index (κ2) is 9.90. The number of fused-ring (bicyclic) bond motifs is 1. The van der Waals surface area contributed by atoms with E-state index in [1.165, 1.54) is 4.90 Å². The van der Waals surface area contributed by atoms with Gasteiger partial charge in [-0.1, -0.05) is 65.7 Å². The molecule has 0 bridgehead atoms. The van der Waals surface area contributed by atoms with E-state index in [-0.39, 0.29) is 18.2 Å². The number of nitrogens with one attached hydrogen (secondary N) is 1. The first-order valence-corrected chi connectivity index (χ1v) is 10.8. The van der Waals surface area contributed by atoms with Gasteiger partial charge in [0.2, 0.25) is 5.91 Å². The zero-order chi connectivity index (χ0) is 22.5. The molecule has 1 aliphatic rings. The van der Waals surface area contributed by atoms with E-state index in [4.69, 9.17) is 27.9 Å². The van der Waals surface area contributed by atoms with E-state index >= 15 is 0 Å². The average molecular weight is 467 g/mol. The van der Waals surface area contributed by atoms with Gasteiger partial charge in [0.05, 0.1) is 5.69 Å². The molecule has 5 nitrogen and oxygen atoms in total. The number of carbonyl (C=O) groups excluding carboxylic acids is 2. The molecule has 3 aromatic rings. The van der Waals surface area contributed by atoms with Crippen LogP contribution in [0.25, 0.3) is 6.08 Å². The molecule has 0 saturated heterocycles. The van der Waals surface area contributed by atoms with E-state index in [9.17, 15) is 9.59 Å². The van der Waals surface area contributed by atoms with Crippen LogP contribution in [0.3, 0.4) is 0 Å². The minimum absolute atomic E-state index is 0.103. The highest BCUT2D eigenvalue weighted by Gasteiger charge is 2.31. The monoisotopic (exact) mass is 466 g/mol. The molecule has 0 spiro atoms. The second-order valence-electron chi connectivity index (χ2n) is 7.22. The van der Waals surface area contributed by atoms with Gasteiger partial charge in [-0.25, -0.2) is 0 Å². The average Bonchev–Trinajstić information content (AvgIpc) is 2.79. The van der Waals surface area contributed by atoms with Crippen LogP contribution in [-0.2, 0) is 16.0 Å². The van der Waals surface area contributed by atoms with Crippen LogP contribution in [-0.4, -0.2) is 24.9 Å². The van der Waals surface area contributed by atoms with Crippen molar-refractivity contribution in [3.63, 3.8) is 0 Å². The van der Waals surface area contributed by atoms with E-state index in [1.54, 1.807) is 36.4 Å². The van der Waals surface area contributed by atoms with Crippen molar-refractivity contribution < 1.29 is 14.3 Å². The first kappa shape index (κ1) is 21.9. The SMILES string of the molecule is O=C(CN1C(=O)/C(=C\c2ccccc2Cl)Oc2ccccc21)NCCc1ccc(Cl)cc1. The van der Waals surface area contributed by atoms with Crippen LogP contribution in [0.2, 0.25) is 10.0 Å². The molecular formula is C25H20Cl2N2O3. The van der Waals surface area contributed by atoms with Gasteiger partial charge in [-0.15, -0.1) is 0 Å². The van der Waals surface area contributed by atoms with Gasteiger partial charge in [-0.05, 0) is 54.0 Å². The highest BCUT2D eigenvalue weighted by molar-refractivity contribution is 6.32. The lowest BCUT2D eigenvalue weighted by molar-refractivity contribution is -0.123. The number of para-hydroxylation sites is 2. The molecule has 0 atom stereocenters. The van der Waals surface area contributed by atoms with Crippen molar-refractivity contribution in [2.75, 3.05) is 18.0 Å². The van der Waals surface area contributed by atoms with Crippen molar-refractivity contribution in [1.82, 2.24) is 5.32 Å². The summed E-state index contributed by atoms with van der Waals surface area (Å²) < 4.78 is 5.83. The Balaban J connectivity index is 1.48. The number of anilines is 1. The summed E-state index contributed by atoms with van der Waals surface area (Å²) in [6, 6.07) is 21.7. The minimum atomic E-state index is -0.406. The third-order valence-corrected chi connectivity index (χ3v) is 5.57. The predicted octanol–water partition coefficient (Wildman–Crippen LogP) is 5.12. The highest BCUT2D eigenvalue weighted by atomic mass is 35.5. The van der Waals surface area contributed by atoms with Gasteiger partial charge in [0.1, 0.15) is 6.54 Å². The Kier molecular flexibility index (Phi) is 6.78. The van der Waals surface area contributed by atoms with Gasteiger partial charge in [0, 0.05) is 16.6 Å². The molecule has 3 aromatic carbocycles. The number of amides is 2. The molecule has 1 aliphatic heterocycles. The van der Waals surface area contributed by atoms with Gasteiger partial charge >= 0.3 is 0 Å². The minimum Gasteiger partial charge on any atom is -0.449 e. The fourth-order valence-electron chi connectivity index (χ4n) is 3.35. The van der Waals surface area contributed by atoms with Crippen LogP contribution in [0.4, 0.5) is 5.69 Å². The molecule has 0 aliphatic carbocycles. The number of nitrogens with zero attached hydrogens (tertiary/aromatic N) is 1. The van der Waals surface area contributed by atoms with E-state index in [0.29, 0.717) is 40.0 Å². The Morgan fingerprint density at radius 2 is 1.69 bits per heavy atom. The smallest absolute Gasteiger partial charge is 0.294 e. The number of halogens is 2. The zero-order valence-electron chi connectivity index (χ0n) is 17.1. The summed E-state index contributed by atoms with van der Waals surface area (Å²) in [5.41, 5.74) is 2.26. The van der Waals surface area contributed by atoms with Crippen LogP contribution >= 0.6 is 23.2 Å². The molecular weight excluding hydrogens is 447 g/mol. The number of rotatable bonds is 6. The summed E-state index contributed by atoms with van der Waals surface area (Å²) in [4.78, 5) is 27.2. The van der Waals surface area contributed by atoms with Crippen LogP contribution in [0, 0.1) is 0 Å². The molecule has 1 heterocycles. The Morgan fingerprint density at radius 1 is 0.969 bits per heavy atom. The molecule has 0 saturated carbocycles. The molecule has 0 radical (unpaired) electrons.